The summed E-state index contributed by atoms with van der Waals surface area (Å²) >= 11 is 7.15. The number of carbonyl (C=O) groups is 1. The molecule has 0 aliphatic heterocycles. The molecule has 3 rings (SSSR count). The molecule has 0 unspecified atom stereocenters. The largest absolute Gasteiger partial charge is 0.288 e. The zero-order valence-corrected chi connectivity index (χ0v) is 13.9. The average molecular weight is 350 g/mol. The number of thiazole rings is 1. The predicted molar refractivity (Wildman–Crippen MR) is 95.9 cm³/mol. The molecule has 0 atom stereocenters. The molecule has 0 N–H and O–H groups in total. The van der Waals surface area contributed by atoms with Gasteiger partial charge in [-0.2, -0.15) is 5.26 Å². The molecule has 0 bridgehead atoms. The number of hydrogen-bond acceptors (Lipinski definition) is 4. The topological polar surface area (TPSA) is 53.8 Å². The normalized spacial score (nSPS) is 10.7. The van der Waals surface area contributed by atoms with Crippen molar-refractivity contribution in [3.63, 3.8) is 0 Å². The van der Waals surface area contributed by atoms with Crippen LogP contribution in [0.15, 0.2) is 54.6 Å². The third-order valence-electron chi connectivity index (χ3n) is 3.22. The molecule has 24 heavy (non-hydrogen) atoms. The highest BCUT2D eigenvalue weighted by molar-refractivity contribution is 7.17. The quantitative estimate of drug-likeness (QED) is 0.490. The lowest BCUT2D eigenvalue weighted by Gasteiger charge is -1.95. The van der Waals surface area contributed by atoms with Gasteiger partial charge in [-0.25, -0.2) is 4.98 Å². The minimum Gasteiger partial charge on any atom is -0.288 e. The Morgan fingerprint density at radius 1 is 1.25 bits per heavy atom. The minimum absolute atomic E-state index is 0.171. The molecule has 3 aromatic rings. The molecule has 0 spiro atoms. The Kier molecular flexibility index (Phi) is 4.85. The summed E-state index contributed by atoms with van der Waals surface area (Å²) in [5.41, 5.74) is 2.24. The van der Waals surface area contributed by atoms with Crippen molar-refractivity contribution in [1.82, 2.24) is 4.98 Å². The van der Waals surface area contributed by atoms with Crippen LogP contribution < -0.4 is 0 Å². The van der Waals surface area contributed by atoms with Crippen molar-refractivity contribution in [3.05, 3.63) is 81.8 Å². The van der Waals surface area contributed by atoms with Crippen molar-refractivity contribution < 1.29 is 4.79 Å². The Hall–Kier alpha value is -2.74. The standard InChI is InChI=1S/C19H10ClN2OS/c20-16-7-5-15(6-8-16)19-22-12-18(24-19)17(23)9-4-13-2-1-3-14(10-13)11-21/h1-10H. The number of aromatic nitrogens is 1. The van der Waals surface area contributed by atoms with Crippen molar-refractivity contribution in [1.29, 1.82) is 5.26 Å². The van der Waals surface area contributed by atoms with Gasteiger partial charge < -0.3 is 0 Å². The van der Waals surface area contributed by atoms with Crippen molar-refractivity contribution in [2.45, 2.75) is 0 Å². The van der Waals surface area contributed by atoms with Gasteiger partial charge in [-0.05, 0) is 35.9 Å². The Bertz CT molecular complexity index is 952. The van der Waals surface area contributed by atoms with Gasteiger partial charge in [0.1, 0.15) is 16.1 Å². The molecule has 1 aromatic heterocycles. The lowest BCUT2D eigenvalue weighted by Crippen LogP contribution is -1.89. The summed E-state index contributed by atoms with van der Waals surface area (Å²) < 4.78 is 0. The van der Waals surface area contributed by atoms with Crippen LogP contribution in [0.1, 0.15) is 20.8 Å². The van der Waals surface area contributed by atoms with E-state index >= 15 is 0 Å². The van der Waals surface area contributed by atoms with Crippen molar-refractivity contribution in [2.24, 2.45) is 0 Å². The molecule has 2 aromatic carbocycles. The first-order valence-electron chi connectivity index (χ1n) is 7.03. The van der Waals surface area contributed by atoms with Gasteiger partial charge in [-0.1, -0.05) is 41.9 Å². The van der Waals surface area contributed by atoms with E-state index in [0.29, 0.717) is 15.5 Å². The van der Waals surface area contributed by atoms with Crippen LogP contribution in [0.3, 0.4) is 0 Å². The van der Waals surface area contributed by atoms with Crippen LogP contribution in [-0.2, 0) is 0 Å². The molecule has 0 aliphatic carbocycles. The van der Waals surface area contributed by atoms with E-state index in [1.165, 1.54) is 17.4 Å². The van der Waals surface area contributed by atoms with Gasteiger partial charge in [0.2, 0.25) is 0 Å². The third-order valence-corrected chi connectivity index (χ3v) is 4.48. The van der Waals surface area contributed by atoms with E-state index < -0.39 is 0 Å². The molecule has 0 amide bonds. The molecule has 1 heterocycles. The number of allylic oxidation sites excluding steroid dienone is 1. The summed E-state index contributed by atoms with van der Waals surface area (Å²) in [7, 11) is 0. The van der Waals surface area contributed by atoms with E-state index in [4.69, 9.17) is 16.9 Å². The summed E-state index contributed by atoms with van der Waals surface area (Å²) in [5, 5.41) is 10.3. The first-order chi connectivity index (χ1) is 11.7. The zero-order chi connectivity index (χ0) is 16.9. The summed E-state index contributed by atoms with van der Waals surface area (Å²) in [6, 6.07) is 16.4. The number of rotatable bonds is 4. The maximum Gasteiger partial charge on any atom is 0.198 e. The lowest BCUT2D eigenvalue weighted by atomic mass is 10.1. The van der Waals surface area contributed by atoms with E-state index in [1.54, 1.807) is 36.4 Å². The maximum absolute atomic E-state index is 12.2. The minimum atomic E-state index is -0.171. The van der Waals surface area contributed by atoms with E-state index in [1.807, 2.05) is 18.2 Å². The molecular weight excluding hydrogens is 340 g/mol. The van der Waals surface area contributed by atoms with Gasteiger partial charge in [0, 0.05) is 10.6 Å². The van der Waals surface area contributed by atoms with Crippen molar-refractivity contribution in [3.8, 4) is 16.6 Å². The SMILES string of the molecule is N#Cc1cccc(C=CC(=O)c2[c]nc(-c3ccc(Cl)cc3)s2)c1. The van der Waals surface area contributed by atoms with Crippen LogP contribution >= 0.6 is 22.9 Å². The number of nitriles is 1. The van der Waals surface area contributed by atoms with E-state index in [2.05, 4.69) is 17.3 Å². The average Bonchev–Trinajstić information content (AvgIpc) is 3.10. The molecular formula is C19H10ClN2OS. The third kappa shape index (κ3) is 3.77. The van der Waals surface area contributed by atoms with Crippen LogP contribution in [0, 0.1) is 17.5 Å². The molecule has 0 aliphatic rings. The fraction of sp³-hybridized carbons (Fsp3) is 0. The number of nitrogens with zero attached hydrogens (tertiary/aromatic N) is 2. The second kappa shape index (κ2) is 7.22. The summed E-state index contributed by atoms with van der Waals surface area (Å²) in [4.78, 5) is 16.8. The fourth-order valence-corrected chi connectivity index (χ4v) is 2.95. The Labute approximate surface area is 148 Å². The van der Waals surface area contributed by atoms with Gasteiger partial charge in [-0.3, -0.25) is 4.79 Å². The highest BCUT2D eigenvalue weighted by Crippen LogP contribution is 2.26. The summed E-state index contributed by atoms with van der Waals surface area (Å²) in [6.45, 7) is 0. The highest BCUT2D eigenvalue weighted by atomic mass is 35.5. The highest BCUT2D eigenvalue weighted by Gasteiger charge is 2.10. The first-order valence-corrected chi connectivity index (χ1v) is 8.22. The maximum atomic E-state index is 12.2. The van der Waals surface area contributed by atoms with Gasteiger partial charge in [-0.15, -0.1) is 11.3 Å². The van der Waals surface area contributed by atoms with Gasteiger partial charge >= 0.3 is 0 Å². The monoisotopic (exact) mass is 349 g/mol. The van der Waals surface area contributed by atoms with Crippen LogP contribution in [0.25, 0.3) is 16.6 Å². The van der Waals surface area contributed by atoms with Crippen LogP contribution in [-0.4, -0.2) is 10.8 Å². The van der Waals surface area contributed by atoms with Gasteiger partial charge in [0.05, 0.1) is 11.6 Å². The van der Waals surface area contributed by atoms with E-state index in [0.717, 1.165) is 16.1 Å². The van der Waals surface area contributed by atoms with Crippen LogP contribution in [0.2, 0.25) is 5.02 Å². The second-order valence-corrected chi connectivity index (χ2v) is 6.34. The van der Waals surface area contributed by atoms with Crippen molar-refractivity contribution >= 4 is 34.8 Å². The number of hydrogen-bond donors (Lipinski definition) is 0. The first kappa shape index (κ1) is 16.1. The number of halogens is 1. The predicted octanol–water partition coefficient (Wildman–Crippen LogP) is 5.03. The summed E-state index contributed by atoms with van der Waals surface area (Å²) in [6.07, 6.45) is 5.90. The van der Waals surface area contributed by atoms with E-state index in [9.17, 15) is 4.79 Å². The van der Waals surface area contributed by atoms with E-state index in [-0.39, 0.29) is 5.78 Å². The van der Waals surface area contributed by atoms with Crippen molar-refractivity contribution in [2.75, 3.05) is 0 Å². The molecule has 3 nitrogen and oxygen atoms in total. The zero-order valence-electron chi connectivity index (χ0n) is 12.4. The smallest absolute Gasteiger partial charge is 0.198 e. The number of benzene rings is 2. The van der Waals surface area contributed by atoms with Gasteiger partial charge in [0.25, 0.3) is 0 Å². The Morgan fingerprint density at radius 2 is 2.04 bits per heavy atom. The van der Waals surface area contributed by atoms with Crippen LogP contribution in [0.4, 0.5) is 0 Å². The molecule has 5 heteroatoms. The molecule has 0 saturated carbocycles. The Morgan fingerprint density at radius 3 is 2.79 bits per heavy atom. The molecule has 0 fully saturated rings. The summed E-state index contributed by atoms with van der Waals surface area (Å²) in [5.74, 6) is -0.171. The second-order valence-electron chi connectivity index (χ2n) is 4.90. The van der Waals surface area contributed by atoms with Crippen LogP contribution in [0.5, 0.6) is 0 Å². The molecule has 1 radical (unpaired) electrons. The van der Waals surface area contributed by atoms with Gasteiger partial charge in [0.15, 0.2) is 5.78 Å². The number of ketones is 1. The Balaban J connectivity index is 1.77. The number of carbonyl (C=O) groups excluding carboxylic acids is 1. The molecule has 0 saturated heterocycles. The fourth-order valence-electron chi connectivity index (χ4n) is 2.02. The lowest BCUT2D eigenvalue weighted by molar-refractivity contribution is 0.105. The molecule has 115 valence electrons.